The normalized spacial score (nSPS) is 15.4. The molecule has 2 aromatic rings. The molecule has 0 bridgehead atoms. The molecule has 1 aliphatic heterocycles. The van der Waals surface area contributed by atoms with E-state index in [1.165, 1.54) is 0 Å². The minimum atomic E-state index is 0. The molecule has 2 heterocycles. The zero-order valence-corrected chi connectivity index (χ0v) is 17.9. The third-order valence-electron chi connectivity index (χ3n) is 4.72. The molecule has 0 amide bonds. The maximum absolute atomic E-state index is 9.24. The van der Waals surface area contributed by atoms with Crippen molar-refractivity contribution in [3.05, 3.63) is 41.1 Å². The van der Waals surface area contributed by atoms with E-state index in [4.69, 9.17) is 10.7 Å². The van der Waals surface area contributed by atoms with Gasteiger partial charge in [0.2, 0.25) is 5.95 Å². The van der Waals surface area contributed by atoms with Gasteiger partial charge in [0.15, 0.2) is 0 Å². The molecule has 0 unspecified atom stereocenters. The molecule has 0 radical (unpaired) electrons. The van der Waals surface area contributed by atoms with Gasteiger partial charge >= 0.3 is 0 Å². The first-order valence-electron chi connectivity index (χ1n) is 9.25. The highest BCUT2D eigenvalue weighted by molar-refractivity contribution is 5.85. The second-order valence-corrected chi connectivity index (χ2v) is 6.91. The van der Waals surface area contributed by atoms with Gasteiger partial charge in [-0.15, -0.1) is 24.8 Å². The molecule has 8 heteroatoms. The Morgan fingerprint density at radius 1 is 1.29 bits per heavy atom. The van der Waals surface area contributed by atoms with Crippen molar-refractivity contribution in [3.8, 4) is 6.07 Å². The lowest BCUT2D eigenvalue weighted by Crippen LogP contribution is -2.27. The monoisotopic (exact) mass is 422 g/mol. The Morgan fingerprint density at radius 3 is 2.71 bits per heavy atom. The van der Waals surface area contributed by atoms with Gasteiger partial charge in [-0.1, -0.05) is 19.4 Å². The Bertz CT molecular complexity index is 821. The zero-order valence-electron chi connectivity index (χ0n) is 16.3. The van der Waals surface area contributed by atoms with E-state index in [1.807, 2.05) is 25.1 Å². The number of halogens is 2. The highest BCUT2D eigenvalue weighted by Gasteiger charge is 2.21. The second-order valence-electron chi connectivity index (χ2n) is 6.91. The van der Waals surface area contributed by atoms with Crippen LogP contribution in [0.5, 0.6) is 0 Å². The van der Waals surface area contributed by atoms with E-state index in [0.29, 0.717) is 11.5 Å². The first kappa shape index (κ1) is 24.0. The van der Waals surface area contributed by atoms with Gasteiger partial charge in [-0.3, -0.25) is 0 Å². The van der Waals surface area contributed by atoms with Crippen LogP contribution in [0.15, 0.2) is 24.3 Å². The minimum absolute atomic E-state index is 0. The molecule has 28 heavy (non-hydrogen) atoms. The molecule has 0 spiro atoms. The molecule has 3 N–H and O–H groups in total. The summed E-state index contributed by atoms with van der Waals surface area (Å²) in [6.07, 6.45) is 4.14. The Morgan fingerprint density at radius 2 is 2.07 bits per heavy atom. The summed E-state index contributed by atoms with van der Waals surface area (Å²) < 4.78 is 0. The number of aromatic nitrogens is 2. The lowest BCUT2D eigenvalue weighted by atomic mass is 10.1. The molecular formula is C20H28Cl2N6. The molecule has 1 atom stereocenters. The van der Waals surface area contributed by atoms with Gasteiger partial charge < -0.3 is 16.0 Å². The summed E-state index contributed by atoms with van der Waals surface area (Å²) in [4.78, 5) is 11.6. The Balaban J connectivity index is 0.00000196. The number of rotatable bonds is 6. The van der Waals surface area contributed by atoms with Crippen molar-refractivity contribution in [1.82, 2.24) is 9.97 Å². The molecule has 1 aliphatic rings. The molecule has 6 nitrogen and oxygen atoms in total. The van der Waals surface area contributed by atoms with Gasteiger partial charge in [0.05, 0.1) is 11.6 Å². The van der Waals surface area contributed by atoms with Crippen molar-refractivity contribution in [2.75, 3.05) is 23.3 Å². The van der Waals surface area contributed by atoms with E-state index in [2.05, 4.69) is 34.3 Å². The quantitative estimate of drug-likeness (QED) is 0.726. The number of anilines is 3. The maximum atomic E-state index is 9.24. The smallest absolute Gasteiger partial charge is 0.229 e. The van der Waals surface area contributed by atoms with Crippen LogP contribution in [0.25, 0.3) is 0 Å². The predicted molar refractivity (Wildman–Crippen MR) is 119 cm³/mol. The minimum Gasteiger partial charge on any atom is -0.355 e. The molecular weight excluding hydrogens is 395 g/mol. The van der Waals surface area contributed by atoms with E-state index in [1.54, 1.807) is 0 Å². The van der Waals surface area contributed by atoms with Crippen molar-refractivity contribution in [3.63, 3.8) is 0 Å². The van der Waals surface area contributed by atoms with Crippen LogP contribution in [0.2, 0.25) is 0 Å². The number of aryl methyl sites for hydroxylation is 2. The molecule has 1 saturated heterocycles. The fraction of sp³-hybridized carbons (Fsp3) is 0.450. The van der Waals surface area contributed by atoms with Crippen molar-refractivity contribution < 1.29 is 0 Å². The van der Waals surface area contributed by atoms with Crippen LogP contribution < -0.4 is 16.0 Å². The van der Waals surface area contributed by atoms with E-state index in [9.17, 15) is 5.26 Å². The van der Waals surface area contributed by atoms with Crippen LogP contribution in [0.3, 0.4) is 0 Å². The summed E-state index contributed by atoms with van der Waals surface area (Å²) in [5.41, 5.74) is 9.53. The third-order valence-corrected chi connectivity index (χ3v) is 4.72. The van der Waals surface area contributed by atoms with Gasteiger partial charge in [0, 0.05) is 36.6 Å². The summed E-state index contributed by atoms with van der Waals surface area (Å²) >= 11 is 0. The molecule has 1 aromatic heterocycles. The average molecular weight is 423 g/mol. The van der Waals surface area contributed by atoms with Crippen LogP contribution in [0, 0.1) is 18.3 Å². The lowest BCUT2D eigenvalue weighted by molar-refractivity contribution is 0.750. The number of hydrogen-bond acceptors (Lipinski definition) is 6. The third kappa shape index (κ3) is 5.96. The van der Waals surface area contributed by atoms with E-state index < -0.39 is 0 Å². The van der Waals surface area contributed by atoms with Crippen molar-refractivity contribution in [1.29, 1.82) is 5.26 Å². The maximum Gasteiger partial charge on any atom is 0.229 e. The van der Waals surface area contributed by atoms with Gasteiger partial charge in [-0.2, -0.15) is 10.2 Å². The number of nitrogens with two attached hydrogens (primary N) is 1. The number of nitrogens with one attached hydrogen (secondary N) is 1. The van der Waals surface area contributed by atoms with Crippen LogP contribution in [0.4, 0.5) is 17.5 Å². The van der Waals surface area contributed by atoms with Crippen molar-refractivity contribution in [2.45, 2.75) is 45.6 Å². The largest absolute Gasteiger partial charge is 0.355 e. The predicted octanol–water partition coefficient (Wildman–Crippen LogP) is 4.12. The van der Waals surface area contributed by atoms with Crippen LogP contribution in [-0.2, 0) is 6.42 Å². The number of nitrogens with zero attached hydrogens (tertiary/aromatic N) is 4. The zero-order chi connectivity index (χ0) is 18.5. The number of benzene rings is 1. The van der Waals surface area contributed by atoms with Gasteiger partial charge in [0.1, 0.15) is 5.82 Å². The topological polar surface area (TPSA) is 90.9 Å². The Hall–Kier alpha value is -2.07. The first-order valence-corrected chi connectivity index (χ1v) is 9.25. The van der Waals surface area contributed by atoms with Crippen LogP contribution >= 0.6 is 24.8 Å². The van der Waals surface area contributed by atoms with E-state index >= 15 is 0 Å². The molecule has 1 fully saturated rings. The summed E-state index contributed by atoms with van der Waals surface area (Å²) in [7, 11) is 0. The summed E-state index contributed by atoms with van der Waals surface area (Å²) in [6, 6.07) is 10.2. The van der Waals surface area contributed by atoms with Gasteiger partial charge in [-0.05, 0) is 43.9 Å². The molecule has 1 aromatic carbocycles. The van der Waals surface area contributed by atoms with Crippen molar-refractivity contribution >= 4 is 42.3 Å². The summed E-state index contributed by atoms with van der Waals surface area (Å²) in [5, 5.41) is 12.5. The first-order chi connectivity index (χ1) is 12.6. The fourth-order valence-corrected chi connectivity index (χ4v) is 3.13. The number of unbranched alkanes of at least 4 members (excludes halogenated alkanes) is 1. The van der Waals surface area contributed by atoms with Crippen molar-refractivity contribution in [2.24, 2.45) is 5.73 Å². The molecule has 0 saturated carbocycles. The van der Waals surface area contributed by atoms with Crippen LogP contribution in [0.1, 0.15) is 43.0 Å². The van der Waals surface area contributed by atoms with E-state index in [-0.39, 0.29) is 30.9 Å². The van der Waals surface area contributed by atoms with Gasteiger partial charge in [-0.25, -0.2) is 4.98 Å². The Labute approximate surface area is 179 Å². The highest BCUT2D eigenvalue weighted by Crippen LogP contribution is 2.23. The molecule has 3 rings (SSSR count). The number of nitriles is 1. The fourth-order valence-electron chi connectivity index (χ4n) is 3.13. The van der Waals surface area contributed by atoms with E-state index in [0.717, 1.165) is 61.5 Å². The average Bonchev–Trinajstić information content (AvgIpc) is 3.08. The molecule has 0 aliphatic carbocycles. The Kier molecular flexibility index (Phi) is 9.47. The standard InChI is InChI=1S/C20H26N6.2ClH/c1-3-4-5-17-11-19(26-9-8-16(22)13-26)25-20(23-17)24-18-7-6-14(2)15(10-18)12-21;;/h6-7,10-11,16H,3-5,8-9,13,22H2,1-2H3,(H,23,24,25);2*1H/t16-;;/m0../s1. The summed E-state index contributed by atoms with van der Waals surface area (Å²) in [5.74, 6) is 1.50. The van der Waals surface area contributed by atoms with Gasteiger partial charge in [0.25, 0.3) is 0 Å². The summed E-state index contributed by atoms with van der Waals surface area (Å²) in [6.45, 7) is 5.86. The highest BCUT2D eigenvalue weighted by atomic mass is 35.5. The molecule has 152 valence electrons. The lowest BCUT2D eigenvalue weighted by Gasteiger charge is -2.19. The van der Waals surface area contributed by atoms with Crippen LogP contribution in [-0.4, -0.2) is 29.1 Å². The second kappa shape index (κ2) is 11.1. The SMILES string of the molecule is CCCCc1cc(N2CC[C@H](N)C2)nc(Nc2ccc(C)c(C#N)c2)n1.Cl.Cl. The number of hydrogen-bond donors (Lipinski definition) is 2.